The summed E-state index contributed by atoms with van der Waals surface area (Å²) in [6.07, 6.45) is 2.85. The van der Waals surface area contributed by atoms with Crippen molar-refractivity contribution < 1.29 is 19.0 Å². The summed E-state index contributed by atoms with van der Waals surface area (Å²) in [6, 6.07) is 0. The van der Waals surface area contributed by atoms with E-state index in [1.807, 2.05) is 6.08 Å². The molecule has 5 heteroatoms. The average molecular weight is 329 g/mol. The molecule has 1 heterocycles. The smallest absolute Gasteiger partial charge is 0.192 e. The second-order valence-electron chi connectivity index (χ2n) is 8.10. The first-order chi connectivity index (χ1) is 10.2. The van der Waals surface area contributed by atoms with Crippen molar-refractivity contribution in [3.8, 4) is 0 Å². The summed E-state index contributed by atoms with van der Waals surface area (Å²) in [5.41, 5.74) is 0. The van der Waals surface area contributed by atoms with Crippen LogP contribution in [-0.4, -0.2) is 45.1 Å². The van der Waals surface area contributed by atoms with Crippen LogP contribution in [0.3, 0.4) is 0 Å². The van der Waals surface area contributed by atoms with Crippen molar-refractivity contribution in [2.45, 2.75) is 70.2 Å². The Morgan fingerprint density at radius 2 is 1.86 bits per heavy atom. The molecule has 0 aromatic carbocycles. The van der Waals surface area contributed by atoms with Crippen molar-refractivity contribution in [1.29, 1.82) is 0 Å². The first-order valence-electron chi connectivity index (χ1n) is 8.37. The van der Waals surface area contributed by atoms with Crippen molar-refractivity contribution in [2.75, 3.05) is 13.2 Å². The molecule has 22 heavy (non-hydrogen) atoms. The van der Waals surface area contributed by atoms with Crippen molar-refractivity contribution >= 4 is 8.32 Å². The lowest BCUT2D eigenvalue weighted by Gasteiger charge is -2.39. The molecule has 1 unspecified atom stereocenters. The van der Waals surface area contributed by atoms with Crippen LogP contribution in [-0.2, 0) is 13.9 Å². The second-order valence-corrected chi connectivity index (χ2v) is 12.9. The van der Waals surface area contributed by atoms with Gasteiger partial charge < -0.3 is 19.0 Å². The fraction of sp³-hybridized carbons (Fsp3) is 0.882. The minimum Gasteiger partial charge on any atom is -0.413 e. The van der Waals surface area contributed by atoms with Crippen molar-refractivity contribution in [3.63, 3.8) is 0 Å². The van der Waals surface area contributed by atoms with Gasteiger partial charge in [-0.1, -0.05) is 26.8 Å². The Bertz CT molecular complexity index is 385. The van der Waals surface area contributed by atoms with Crippen LogP contribution in [0.25, 0.3) is 0 Å². The normalized spacial score (nSPS) is 34.3. The van der Waals surface area contributed by atoms with Gasteiger partial charge in [0.2, 0.25) is 0 Å². The molecule has 0 radical (unpaired) electrons. The van der Waals surface area contributed by atoms with Gasteiger partial charge in [-0.25, -0.2) is 0 Å². The highest BCUT2D eigenvalue weighted by Gasteiger charge is 2.47. The molecule has 2 fully saturated rings. The summed E-state index contributed by atoms with van der Waals surface area (Å²) >= 11 is 0. The van der Waals surface area contributed by atoms with Gasteiger partial charge in [0, 0.05) is 12.3 Å². The lowest BCUT2D eigenvalue weighted by molar-refractivity contribution is -0.0695. The fourth-order valence-corrected chi connectivity index (χ4v) is 4.55. The standard InChI is InChI=1S/C17H32O4Si/c1-7-12-13(10-16-19-8-9-20-16)14(18)11-15(12)21-22(5,6)17(2,3)4/h7,12-16,18H,1,8-11H2,2-6H3/t12-,13-,14+,15?/m1/s1. The minimum atomic E-state index is -1.85. The molecular weight excluding hydrogens is 296 g/mol. The van der Waals surface area contributed by atoms with E-state index in [0.717, 1.165) is 6.42 Å². The summed E-state index contributed by atoms with van der Waals surface area (Å²) in [7, 11) is -1.85. The quantitative estimate of drug-likeness (QED) is 0.621. The molecule has 4 nitrogen and oxygen atoms in total. The number of hydrogen-bond acceptors (Lipinski definition) is 4. The summed E-state index contributed by atoms with van der Waals surface area (Å²) in [4.78, 5) is 0. The summed E-state index contributed by atoms with van der Waals surface area (Å²) in [5, 5.41) is 10.7. The SMILES string of the molecule is C=C[C@H]1C(O[Si](C)(C)C(C)(C)C)C[C@H](O)[C@@H]1CC1OCCO1. The van der Waals surface area contributed by atoms with Crippen LogP contribution < -0.4 is 0 Å². The lowest BCUT2D eigenvalue weighted by Crippen LogP contribution is -2.45. The molecule has 1 aliphatic carbocycles. The maximum atomic E-state index is 10.5. The third-order valence-corrected chi connectivity index (χ3v) is 10.1. The Kier molecular flexibility index (Phi) is 5.55. The Labute approximate surface area is 136 Å². The van der Waals surface area contributed by atoms with Crippen LogP contribution in [0.4, 0.5) is 0 Å². The summed E-state index contributed by atoms with van der Waals surface area (Å²) in [6.45, 7) is 16.5. The van der Waals surface area contributed by atoms with Crippen molar-refractivity contribution in [3.05, 3.63) is 12.7 Å². The van der Waals surface area contributed by atoms with E-state index in [2.05, 4.69) is 40.4 Å². The fourth-order valence-electron chi connectivity index (χ4n) is 3.19. The molecular formula is C17H32O4Si. The first kappa shape index (κ1) is 18.1. The highest BCUT2D eigenvalue weighted by molar-refractivity contribution is 6.74. The van der Waals surface area contributed by atoms with E-state index in [0.29, 0.717) is 19.6 Å². The van der Waals surface area contributed by atoms with E-state index in [1.165, 1.54) is 0 Å². The number of hydrogen-bond donors (Lipinski definition) is 1. The van der Waals surface area contributed by atoms with Gasteiger partial charge in [-0.3, -0.25) is 0 Å². The maximum Gasteiger partial charge on any atom is 0.192 e. The van der Waals surface area contributed by atoms with E-state index < -0.39 is 8.32 Å². The molecule has 1 saturated heterocycles. The third kappa shape index (κ3) is 3.82. The largest absolute Gasteiger partial charge is 0.413 e. The predicted octanol–water partition coefficient (Wildman–Crippen LogP) is 3.32. The Balaban J connectivity index is 2.05. The number of aliphatic hydroxyl groups is 1. The van der Waals surface area contributed by atoms with Crippen LogP contribution in [0.2, 0.25) is 18.1 Å². The van der Waals surface area contributed by atoms with Crippen LogP contribution in [0, 0.1) is 11.8 Å². The van der Waals surface area contributed by atoms with E-state index >= 15 is 0 Å². The molecule has 2 aliphatic rings. The highest BCUT2D eigenvalue weighted by Crippen LogP contribution is 2.44. The van der Waals surface area contributed by atoms with Gasteiger partial charge in [-0.2, -0.15) is 0 Å². The third-order valence-electron chi connectivity index (χ3n) is 5.57. The zero-order chi connectivity index (χ0) is 16.5. The number of rotatable bonds is 5. The molecule has 0 amide bonds. The van der Waals surface area contributed by atoms with Gasteiger partial charge in [0.15, 0.2) is 14.6 Å². The lowest BCUT2D eigenvalue weighted by atomic mass is 9.90. The molecule has 4 atom stereocenters. The van der Waals surface area contributed by atoms with Gasteiger partial charge in [0.05, 0.1) is 25.4 Å². The average Bonchev–Trinajstić information content (AvgIpc) is 2.98. The number of ether oxygens (including phenoxy) is 2. The van der Waals surface area contributed by atoms with Crippen LogP contribution in [0.15, 0.2) is 12.7 Å². The second kappa shape index (κ2) is 6.73. The van der Waals surface area contributed by atoms with Crippen molar-refractivity contribution in [1.82, 2.24) is 0 Å². The van der Waals surface area contributed by atoms with Gasteiger partial charge >= 0.3 is 0 Å². The Morgan fingerprint density at radius 1 is 1.27 bits per heavy atom. The van der Waals surface area contributed by atoms with Crippen LogP contribution >= 0.6 is 0 Å². The van der Waals surface area contributed by atoms with Gasteiger partial charge in [-0.15, -0.1) is 6.58 Å². The number of aliphatic hydroxyl groups excluding tert-OH is 1. The zero-order valence-corrected chi connectivity index (χ0v) is 15.7. The highest BCUT2D eigenvalue weighted by atomic mass is 28.4. The topological polar surface area (TPSA) is 47.9 Å². The first-order valence-corrected chi connectivity index (χ1v) is 11.3. The van der Waals surface area contributed by atoms with E-state index in [9.17, 15) is 5.11 Å². The molecule has 128 valence electrons. The van der Waals surface area contributed by atoms with Crippen LogP contribution in [0.1, 0.15) is 33.6 Å². The van der Waals surface area contributed by atoms with E-state index in [-0.39, 0.29) is 35.4 Å². The molecule has 0 aromatic rings. The van der Waals surface area contributed by atoms with Gasteiger partial charge in [0.25, 0.3) is 0 Å². The minimum absolute atomic E-state index is 0.0554. The van der Waals surface area contributed by atoms with Gasteiger partial charge in [0.1, 0.15) is 0 Å². The Hall–Kier alpha value is -0.203. The molecule has 0 aromatic heterocycles. The monoisotopic (exact) mass is 328 g/mol. The molecule has 1 N–H and O–H groups in total. The molecule has 0 spiro atoms. The van der Waals surface area contributed by atoms with Crippen molar-refractivity contribution in [2.24, 2.45) is 11.8 Å². The maximum absolute atomic E-state index is 10.5. The van der Waals surface area contributed by atoms with E-state index in [1.54, 1.807) is 0 Å². The summed E-state index contributed by atoms with van der Waals surface area (Å²) in [5.74, 6) is 0.271. The zero-order valence-electron chi connectivity index (χ0n) is 14.7. The molecule has 1 saturated carbocycles. The predicted molar refractivity (Wildman–Crippen MR) is 90.2 cm³/mol. The van der Waals surface area contributed by atoms with E-state index in [4.69, 9.17) is 13.9 Å². The Morgan fingerprint density at radius 3 is 2.36 bits per heavy atom. The molecule has 1 aliphatic heterocycles. The van der Waals surface area contributed by atoms with Gasteiger partial charge in [-0.05, 0) is 30.5 Å². The molecule has 2 rings (SSSR count). The molecule has 0 bridgehead atoms. The summed E-state index contributed by atoms with van der Waals surface area (Å²) < 4.78 is 17.7. The van der Waals surface area contributed by atoms with Crippen LogP contribution in [0.5, 0.6) is 0 Å².